The van der Waals surface area contributed by atoms with E-state index < -0.39 is 0 Å². The molecule has 0 fully saturated rings. The SMILES string of the molecule is CCc1ccnc(-n2c3[c-]c(Oc4[c-]c(-n5nc(C)c(-c6c(C)cc(C)cc6C)c5C)cc(C(C)C)c4)ccc3c3ccccc32)c1.[Pd+2]. The predicted molar refractivity (Wildman–Crippen MR) is 192 cm³/mol. The monoisotopic (exact) mass is 722 g/mol. The molecule has 3 heterocycles. The molecule has 0 unspecified atom stereocenters. The molecular formula is C42H40N4OPd. The summed E-state index contributed by atoms with van der Waals surface area (Å²) in [6.45, 7) is 17.3. The Labute approximate surface area is 297 Å². The minimum atomic E-state index is 0. The summed E-state index contributed by atoms with van der Waals surface area (Å²) in [6.07, 6.45) is 2.82. The van der Waals surface area contributed by atoms with E-state index in [4.69, 9.17) is 14.8 Å². The number of hydrogen-bond acceptors (Lipinski definition) is 3. The maximum atomic E-state index is 6.60. The van der Waals surface area contributed by atoms with Crippen LogP contribution in [0.3, 0.4) is 0 Å². The zero-order chi connectivity index (χ0) is 33.0. The molecular weight excluding hydrogens is 683 g/mol. The zero-order valence-corrected chi connectivity index (χ0v) is 30.4. The number of pyridine rings is 1. The Morgan fingerprint density at radius 1 is 0.792 bits per heavy atom. The Hall–Kier alpha value is -4.50. The van der Waals surface area contributed by atoms with Crippen molar-refractivity contribution < 1.29 is 25.2 Å². The van der Waals surface area contributed by atoms with Gasteiger partial charge in [0.2, 0.25) is 0 Å². The standard InChI is InChI=1S/C42H40N4O.Pd/c1-9-31-16-17-43-40(20-31)45-38-13-11-10-12-36(38)37-15-14-34(24-39(37)45)47-35-22-32(25(2)3)21-33(23-35)46-30(8)42(29(7)44-46)41-27(5)18-26(4)19-28(41)6;/h10-22,25H,9H2,1-8H3;/q-2;+2. The van der Waals surface area contributed by atoms with Crippen molar-refractivity contribution in [2.75, 3.05) is 0 Å². The van der Waals surface area contributed by atoms with Crippen LogP contribution in [0.5, 0.6) is 11.5 Å². The van der Waals surface area contributed by atoms with Gasteiger partial charge in [-0.25, -0.2) is 4.98 Å². The van der Waals surface area contributed by atoms with Gasteiger partial charge in [0.05, 0.1) is 5.69 Å². The first-order chi connectivity index (χ1) is 22.6. The summed E-state index contributed by atoms with van der Waals surface area (Å²) in [5.74, 6) is 2.41. The van der Waals surface area contributed by atoms with Gasteiger partial charge in [-0.05, 0) is 98.5 Å². The van der Waals surface area contributed by atoms with Gasteiger partial charge < -0.3 is 9.30 Å². The van der Waals surface area contributed by atoms with Crippen molar-refractivity contribution in [3.05, 3.63) is 130 Å². The van der Waals surface area contributed by atoms with E-state index >= 15 is 0 Å². The Balaban J connectivity index is 0.00000401. The summed E-state index contributed by atoms with van der Waals surface area (Å²) in [5.41, 5.74) is 13.6. The molecule has 0 aliphatic heterocycles. The van der Waals surface area contributed by atoms with Crippen LogP contribution in [0.2, 0.25) is 0 Å². The van der Waals surface area contributed by atoms with E-state index in [9.17, 15) is 0 Å². The van der Waals surface area contributed by atoms with E-state index in [1.165, 1.54) is 33.4 Å². The van der Waals surface area contributed by atoms with Gasteiger partial charge in [-0.2, -0.15) is 11.2 Å². The second-order valence-electron chi connectivity index (χ2n) is 13.0. The summed E-state index contributed by atoms with van der Waals surface area (Å²) in [4.78, 5) is 4.76. The third-order valence-corrected chi connectivity index (χ3v) is 9.19. The smallest absolute Gasteiger partial charge is 0.509 e. The molecule has 0 atom stereocenters. The molecule has 0 aliphatic carbocycles. The van der Waals surface area contributed by atoms with E-state index in [1.54, 1.807) is 0 Å². The van der Waals surface area contributed by atoms with Crippen LogP contribution in [0.25, 0.3) is 44.4 Å². The number of ether oxygens (including phenoxy) is 1. The van der Waals surface area contributed by atoms with Gasteiger partial charge in [0.25, 0.3) is 0 Å². The average molecular weight is 723 g/mol. The van der Waals surface area contributed by atoms with E-state index in [-0.39, 0.29) is 26.3 Å². The molecule has 0 saturated heterocycles. The van der Waals surface area contributed by atoms with E-state index in [0.29, 0.717) is 11.5 Å². The Kier molecular flexibility index (Phi) is 9.18. The van der Waals surface area contributed by atoms with Crippen LogP contribution in [-0.2, 0) is 26.8 Å². The molecule has 3 aromatic heterocycles. The Morgan fingerprint density at radius 2 is 1.54 bits per heavy atom. The van der Waals surface area contributed by atoms with Gasteiger partial charge in [-0.1, -0.05) is 62.2 Å². The molecule has 6 heteroatoms. The molecule has 0 bridgehead atoms. The number of hydrogen-bond donors (Lipinski definition) is 0. The average Bonchev–Trinajstić information content (AvgIpc) is 3.53. The first-order valence-corrected chi connectivity index (χ1v) is 16.4. The molecule has 5 nitrogen and oxygen atoms in total. The van der Waals surface area contributed by atoms with Crippen molar-refractivity contribution in [2.45, 2.75) is 67.7 Å². The van der Waals surface area contributed by atoms with Gasteiger partial charge in [-0.3, -0.25) is 4.68 Å². The molecule has 7 aromatic rings. The predicted octanol–water partition coefficient (Wildman–Crippen LogP) is 10.6. The molecule has 4 aromatic carbocycles. The molecule has 244 valence electrons. The maximum Gasteiger partial charge on any atom is 2.00 e. The van der Waals surface area contributed by atoms with Crippen LogP contribution < -0.4 is 4.74 Å². The molecule has 7 rings (SSSR count). The summed E-state index contributed by atoms with van der Waals surface area (Å²) >= 11 is 0. The molecule has 0 radical (unpaired) electrons. The second-order valence-corrected chi connectivity index (χ2v) is 13.0. The second kappa shape index (κ2) is 13.2. The van der Waals surface area contributed by atoms with Gasteiger partial charge in [0.1, 0.15) is 5.82 Å². The third-order valence-electron chi connectivity index (χ3n) is 9.19. The van der Waals surface area contributed by atoms with Crippen LogP contribution in [0, 0.1) is 46.8 Å². The van der Waals surface area contributed by atoms with Gasteiger partial charge in [0.15, 0.2) is 0 Å². The van der Waals surface area contributed by atoms with Gasteiger partial charge in [0, 0.05) is 34.5 Å². The number of nitrogens with zero attached hydrogens (tertiary/aromatic N) is 4. The Morgan fingerprint density at radius 3 is 2.27 bits per heavy atom. The molecule has 0 saturated carbocycles. The molecule has 48 heavy (non-hydrogen) atoms. The topological polar surface area (TPSA) is 44.9 Å². The largest absolute Gasteiger partial charge is 2.00 e. The van der Waals surface area contributed by atoms with Crippen LogP contribution >= 0.6 is 0 Å². The first-order valence-electron chi connectivity index (χ1n) is 16.4. The Bertz CT molecular complexity index is 2290. The third kappa shape index (κ3) is 5.89. The van der Waals surface area contributed by atoms with E-state index in [0.717, 1.165) is 56.7 Å². The summed E-state index contributed by atoms with van der Waals surface area (Å²) in [5, 5.41) is 7.31. The van der Waals surface area contributed by atoms with Crippen molar-refractivity contribution in [3.8, 4) is 34.1 Å². The molecule has 0 spiro atoms. The fraction of sp³-hybridized carbons (Fsp3) is 0.238. The van der Waals surface area contributed by atoms with E-state index in [1.807, 2.05) is 16.9 Å². The van der Waals surface area contributed by atoms with Crippen molar-refractivity contribution in [2.24, 2.45) is 0 Å². The minimum absolute atomic E-state index is 0. The molecule has 0 amide bonds. The number of aryl methyl sites for hydroxylation is 5. The number of fused-ring (bicyclic) bond motifs is 3. The molecule has 0 aliphatic rings. The first kappa shape index (κ1) is 33.4. The van der Waals surface area contributed by atoms with Crippen LogP contribution in [0.15, 0.2) is 79.0 Å². The summed E-state index contributed by atoms with van der Waals surface area (Å²) in [7, 11) is 0. The quantitative estimate of drug-likeness (QED) is 0.122. The fourth-order valence-corrected chi connectivity index (χ4v) is 6.96. The number of benzene rings is 4. The summed E-state index contributed by atoms with van der Waals surface area (Å²) in [6, 6.07) is 32.7. The van der Waals surface area contributed by atoms with Gasteiger partial charge >= 0.3 is 20.4 Å². The van der Waals surface area contributed by atoms with Crippen LogP contribution in [0.1, 0.15) is 65.9 Å². The van der Waals surface area contributed by atoms with Crippen LogP contribution in [-0.4, -0.2) is 19.3 Å². The summed E-state index contributed by atoms with van der Waals surface area (Å²) < 4.78 is 10.8. The van der Waals surface area contributed by atoms with Crippen molar-refractivity contribution >= 4 is 21.8 Å². The fourth-order valence-electron chi connectivity index (χ4n) is 6.96. The van der Waals surface area contributed by atoms with Gasteiger partial charge in [-0.15, -0.1) is 41.3 Å². The van der Waals surface area contributed by atoms with Crippen molar-refractivity contribution in [1.29, 1.82) is 0 Å². The van der Waals surface area contributed by atoms with Crippen LogP contribution in [0.4, 0.5) is 0 Å². The number of aromatic nitrogens is 4. The minimum Gasteiger partial charge on any atom is -0.509 e. The maximum absolute atomic E-state index is 6.60. The van der Waals surface area contributed by atoms with E-state index in [2.05, 4.69) is 139 Å². The number of rotatable bonds is 7. The molecule has 0 N–H and O–H groups in total. The van der Waals surface area contributed by atoms with Crippen molar-refractivity contribution in [1.82, 2.24) is 19.3 Å². The number of para-hydroxylation sites is 1. The van der Waals surface area contributed by atoms with Crippen molar-refractivity contribution in [3.63, 3.8) is 0 Å². The normalized spacial score (nSPS) is 11.4. The zero-order valence-electron chi connectivity index (χ0n) is 28.8.